The number of hydrogen-bond acceptors (Lipinski definition) is 4. The molecule has 1 aliphatic carbocycles. The zero-order chi connectivity index (χ0) is 17.8. The van der Waals surface area contributed by atoms with Crippen LogP contribution in [-0.2, 0) is 9.59 Å². The molecule has 0 radical (unpaired) electrons. The van der Waals surface area contributed by atoms with Crippen LogP contribution in [0, 0.1) is 11.8 Å². The summed E-state index contributed by atoms with van der Waals surface area (Å²) in [5, 5.41) is 19.0. The Bertz CT molecular complexity index is 408. The minimum atomic E-state index is -0.780. The van der Waals surface area contributed by atoms with Gasteiger partial charge >= 0.3 is 5.97 Å². The van der Waals surface area contributed by atoms with Crippen LogP contribution < -0.4 is 0 Å². The Hall–Kier alpha value is -0.810. The number of aliphatic hydroxyl groups excluding tert-OH is 1. The van der Waals surface area contributed by atoms with Crippen LogP contribution in [-0.4, -0.2) is 39.6 Å². The fourth-order valence-electron chi connectivity index (χ4n) is 3.26. The minimum absolute atomic E-state index is 0.0321. The Kier molecular flexibility index (Phi) is 11.1. The topological polar surface area (TPSA) is 74.6 Å². The van der Waals surface area contributed by atoms with E-state index in [0.717, 1.165) is 44.3 Å². The van der Waals surface area contributed by atoms with Crippen LogP contribution in [0.3, 0.4) is 0 Å². The molecule has 0 spiro atoms. The average molecular weight is 357 g/mol. The van der Waals surface area contributed by atoms with E-state index < -0.39 is 12.1 Å². The quantitative estimate of drug-likeness (QED) is 0.459. The number of carboxylic acid groups (broad SMARTS) is 1. The highest BCUT2D eigenvalue weighted by Crippen LogP contribution is 2.32. The summed E-state index contributed by atoms with van der Waals surface area (Å²) in [5.74, 6) is 0.199. The van der Waals surface area contributed by atoms with Gasteiger partial charge in [-0.15, -0.1) is 0 Å². The largest absolute Gasteiger partial charge is 0.481 e. The number of carbonyl (C=O) groups excluding carboxylic acids is 1. The van der Waals surface area contributed by atoms with E-state index in [1.165, 1.54) is 31.0 Å². The first kappa shape index (κ1) is 21.2. The molecule has 1 rings (SSSR count). The third-order valence-corrected chi connectivity index (χ3v) is 5.67. The maximum atomic E-state index is 12.0. The predicted octanol–water partition coefficient (Wildman–Crippen LogP) is 4.07. The van der Waals surface area contributed by atoms with Crippen molar-refractivity contribution in [2.24, 2.45) is 11.8 Å². The Morgan fingerprint density at radius 2 is 1.96 bits per heavy atom. The van der Waals surface area contributed by atoms with Crippen molar-refractivity contribution in [2.75, 3.05) is 11.5 Å². The van der Waals surface area contributed by atoms with Gasteiger partial charge in [0, 0.05) is 11.8 Å². The van der Waals surface area contributed by atoms with Crippen molar-refractivity contribution in [3.05, 3.63) is 12.2 Å². The van der Waals surface area contributed by atoms with Gasteiger partial charge in [0.2, 0.25) is 0 Å². The molecule has 3 atom stereocenters. The normalized spacial score (nSPS) is 21.3. The number of carboxylic acids is 1. The molecule has 138 valence electrons. The summed E-state index contributed by atoms with van der Waals surface area (Å²) in [4.78, 5) is 22.5. The number of rotatable bonds is 14. The highest BCUT2D eigenvalue weighted by atomic mass is 32.2. The summed E-state index contributed by atoms with van der Waals surface area (Å²) in [6, 6.07) is 0. The Morgan fingerprint density at radius 3 is 2.67 bits per heavy atom. The summed E-state index contributed by atoms with van der Waals surface area (Å²) in [6.45, 7) is 2.19. The van der Waals surface area contributed by atoms with Gasteiger partial charge in [-0.25, -0.2) is 0 Å². The van der Waals surface area contributed by atoms with Gasteiger partial charge in [0.1, 0.15) is 0 Å². The zero-order valence-electron chi connectivity index (χ0n) is 14.8. The third kappa shape index (κ3) is 8.34. The maximum absolute atomic E-state index is 12.0. The highest BCUT2D eigenvalue weighted by Gasteiger charge is 2.33. The summed E-state index contributed by atoms with van der Waals surface area (Å²) in [7, 11) is 0. The second kappa shape index (κ2) is 12.5. The van der Waals surface area contributed by atoms with E-state index in [0.29, 0.717) is 0 Å². The van der Waals surface area contributed by atoms with Gasteiger partial charge in [0.25, 0.3) is 0 Å². The first-order chi connectivity index (χ1) is 11.6. The summed E-state index contributed by atoms with van der Waals surface area (Å²) in [5.41, 5.74) is 0. The first-order valence-corrected chi connectivity index (χ1v) is 10.4. The second-order valence-corrected chi connectivity index (χ2v) is 7.76. The molecule has 0 saturated heterocycles. The van der Waals surface area contributed by atoms with Crippen LogP contribution in [0.15, 0.2) is 12.2 Å². The monoisotopic (exact) mass is 356 g/mol. The van der Waals surface area contributed by atoms with Crippen molar-refractivity contribution in [3.8, 4) is 0 Å². The van der Waals surface area contributed by atoms with Gasteiger partial charge in [-0.3, -0.25) is 9.59 Å². The number of thioether (sulfide) groups is 1. The van der Waals surface area contributed by atoms with Crippen molar-refractivity contribution >= 4 is 23.5 Å². The lowest BCUT2D eigenvalue weighted by Crippen LogP contribution is -2.27. The van der Waals surface area contributed by atoms with Gasteiger partial charge in [-0.1, -0.05) is 51.5 Å². The van der Waals surface area contributed by atoms with Gasteiger partial charge < -0.3 is 10.2 Å². The molecule has 0 aromatic heterocycles. The number of unbranched alkanes of at least 4 members (excludes halogenated alkanes) is 5. The lowest BCUT2D eigenvalue weighted by atomic mass is 9.84. The molecule has 0 saturated carbocycles. The fraction of sp³-hybridized carbons (Fsp3) is 0.789. The molecule has 1 unspecified atom stereocenters. The molecule has 0 amide bonds. The molecule has 0 bridgehead atoms. The van der Waals surface area contributed by atoms with Crippen molar-refractivity contribution in [3.63, 3.8) is 0 Å². The lowest BCUT2D eigenvalue weighted by molar-refractivity contribution is -0.133. The van der Waals surface area contributed by atoms with Gasteiger partial charge in [-0.2, -0.15) is 11.8 Å². The summed E-state index contributed by atoms with van der Waals surface area (Å²) < 4.78 is 0. The summed E-state index contributed by atoms with van der Waals surface area (Å²) >= 11 is 1.42. The van der Waals surface area contributed by atoms with E-state index in [4.69, 9.17) is 5.11 Å². The average Bonchev–Trinajstić information content (AvgIpc) is 2.91. The van der Waals surface area contributed by atoms with Gasteiger partial charge in [-0.05, 0) is 31.1 Å². The number of carbonyl (C=O) groups is 2. The molecule has 0 heterocycles. The number of aliphatic hydroxyl groups is 1. The molecule has 1 aliphatic rings. The Balaban J connectivity index is 2.24. The number of allylic oxidation sites excluding steroid dienone is 1. The van der Waals surface area contributed by atoms with E-state index >= 15 is 0 Å². The van der Waals surface area contributed by atoms with Crippen LogP contribution in [0.25, 0.3) is 0 Å². The van der Waals surface area contributed by atoms with Crippen molar-refractivity contribution in [1.82, 2.24) is 0 Å². The molecule has 4 nitrogen and oxygen atoms in total. The van der Waals surface area contributed by atoms with Crippen LogP contribution in [0.5, 0.6) is 0 Å². The van der Waals surface area contributed by atoms with Gasteiger partial charge in [0.05, 0.1) is 11.9 Å². The third-order valence-electron chi connectivity index (χ3n) is 4.64. The summed E-state index contributed by atoms with van der Waals surface area (Å²) in [6.07, 6.45) is 12.4. The Morgan fingerprint density at radius 1 is 1.21 bits per heavy atom. The fourth-order valence-corrected chi connectivity index (χ4v) is 3.99. The number of aliphatic carboxylic acids is 1. The van der Waals surface area contributed by atoms with E-state index in [-0.39, 0.29) is 23.4 Å². The standard InChI is InChI=1S/C19H32O4S/c1-2-3-4-5-6-10-17(20)16-11-12-18(21)15(16)9-7-8-13-24-14-19(22)23/h11-12,15-17,20H,2-10,13-14H2,1H3,(H,22,23)/t15-,16+,17?/m1/s1. The smallest absolute Gasteiger partial charge is 0.313 e. The lowest BCUT2D eigenvalue weighted by Gasteiger charge is -2.23. The maximum Gasteiger partial charge on any atom is 0.313 e. The Labute approximate surface area is 150 Å². The highest BCUT2D eigenvalue weighted by molar-refractivity contribution is 7.99. The molecule has 5 heteroatoms. The number of ketones is 1. The molecule has 2 N–H and O–H groups in total. The molecule has 24 heavy (non-hydrogen) atoms. The van der Waals surface area contributed by atoms with Crippen LogP contribution in [0.2, 0.25) is 0 Å². The van der Waals surface area contributed by atoms with E-state index in [9.17, 15) is 14.7 Å². The van der Waals surface area contributed by atoms with Crippen molar-refractivity contribution < 1.29 is 19.8 Å². The molecule has 0 aromatic carbocycles. The first-order valence-electron chi connectivity index (χ1n) is 9.26. The predicted molar refractivity (Wildman–Crippen MR) is 99.3 cm³/mol. The van der Waals surface area contributed by atoms with Crippen LogP contribution in [0.4, 0.5) is 0 Å². The van der Waals surface area contributed by atoms with E-state index in [1.807, 2.05) is 6.08 Å². The molecule has 0 aromatic rings. The molecule has 0 fully saturated rings. The van der Waals surface area contributed by atoms with E-state index in [1.54, 1.807) is 6.08 Å². The van der Waals surface area contributed by atoms with Crippen LogP contribution >= 0.6 is 11.8 Å². The minimum Gasteiger partial charge on any atom is -0.481 e. The molecule has 0 aliphatic heterocycles. The van der Waals surface area contributed by atoms with Crippen molar-refractivity contribution in [2.45, 2.75) is 70.8 Å². The zero-order valence-corrected chi connectivity index (χ0v) is 15.6. The number of hydrogen-bond donors (Lipinski definition) is 2. The van der Waals surface area contributed by atoms with Gasteiger partial charge in [0.15, 0.2) is 5.78 Å². The second-order valence-electron chi connectivity index (χ2n) is 6.66. The van der Waals surface area contributed by atoms with E-state index in [2.05, 4.69) is 6.92 Å². The molecular weight excluding hydrogens is 324 g/mol. The SMILES string of the molecule is CCCCCCCC(O)[C@H]1C=CC(=O)[C@@H]1CCCCSCC(=O)O. The van der Waals surface area contributed by atoms with Crippen molar-refractivity contribution in [1.29, 1.82) is 0 Å². The van der Waals surface area contributed by atoms with Crippen LogP contribution in [0.1, 0.15) is 64.7 Å². The molecular formula is C19H32O4S.